The molecule has 130 valence electrons. The Bertz CT molecular complexity index is 433. The van der Waals surface area contributed by atoms with Crippen molar-refractivity contribution in [2.75, 3.05) is 6.54 Å². The molecule has 6 bridgehead atoms. The number of carbonyl (C=O) groups is 1. The minimum absolute atomic E-state index is 0. The van der Waals surface area contributed by atoms with Crippen molar-refractivity contribution in [2.45, 2.75) is 76.3 Å². The molecule has 4 heteroatoms. The standard InChI is InChI=1S/C19H30N2O.ClH/c22-18(20-11-15-6-16-1-2-17(7-15)21-16)19-8-12-3-13(9-19)5-14(4-12)10-19;/h12-17,21H,1-11H2,(H,20,22);1H. The van der Waals surface area contributed by atoms with Gasteiger partial charge in [-0.25, -0.2) is 0 Å². The highest BCUT2D eigenvalue weighted by atomic mass is 35.5. The molecule has 3 nitrogen and oxygen atoms in total. The van der Waals surface area contributed by atoms with E-state index in [-0.39, 0.29) is 17.8 Å². The number of hydrogen-bond donors (Lipinski definition) is 2. The van der Waals surface area contributed by atoms with Gasteiger partial charge in [0, 0.05) is 24.0 Å². The predicted molar refractivity (Wildman–Crippen MR) is 93.5 cm³/mol. The van der Waals surface area contributed by atoms with E-state index in [1.807, 2.05) is 0 Å². The van der Waals surface area contributed by atoms with Crippen LogP contribution >= 0.6 is 12.4 Å². The average molecular weight is 339 g/mol. The van der Waals surface area contributed by atoms with Crippen molar-refractivity contribution in [1.29, 1.82) is 0 Å². The first-order valence-corrected chi connectivity index (χ1v) is 9.73. The lowest BCUT2D eigenvalue weighted by Gasteiger charge is -2.55. The third-order valence-electron chi connectivity index (χ3n) is 7.64. The molecule has 2 heterocycles. The average Bonchev–Trinajstić information content (AvgIpc) is 2.82. The lowest BCUT2D eigenvalue weighted by Crippen LogP contribution is -2.54. The number of rotatable bonds is 3. The molecule has 0 aromatic heterocycles. The number of nitrogens with one attached hydrogen (secondary N) is 2. The number of amides is 1. The first kappa shape index (κ1) is 16.2. The van der Waals surface area contributed by atoms with E-state index in [1.165, 1.54) is 64.2 Å². The molecule has 0 spiro atoms. The van der Waals surface area contributed by atoms with Gasteiger partial charge >= 0.3 is 0 Å². The molecule has 2 atom stereocenters. The Labute approximate surface area is 146 Å². The second-order valence-electron chi connectivity index (χ2n) is 9.38. The van der Waals surface area contributed by atoms with Crippen LogP contribution < -0.4 is 10.6 Å². The molecular weight excluding hydrogens is 308 g/mol. The fraction of sp³-hybridized carbons (Fsp3) is 0.947. The van der Waals surface area contributed by atoms with Crippen molar-refractivity contribution >= 4 is 18.3 Å². The summed E-state index contributed by atoms with van der Waals surface area (Å²) in [5.41, 5.74) is 0.0423. The molecule has 0 aromatic carbocycles. The van der Waals surface area contributed by atoms with Crippen LogP contribution in [0.3, 0.4) is 0 Å². The molecule has 4 saturated carbocycles. The zero-order chi connectivity index (χ0) is 14.7. The topological polar surface area (TPSA) is 41.1 Å². The van der Waals surface area contributed by atoms with E-state index in [4.69, 9.17) is 0 Å². The van der Waals surface area contributed by atoms with Crippen LogP contribution in [0.25, 0.3) is 0 Å². The number of hydrogen-bond acceptors (Lipinski definition) is 2. The van der Waals surface area contributed by atoms with Gasteiger partial charge in [0.25, 0.3) is 0 Å². The second kappa shape index (κ2) is 5.91. The summed E-state index contributed by atoms with van der Waals surface area (Å²) in [6, 6.07) is 1.47. The van der Waals surface area contributed by atoms with E-state index in [1.54, 1.807) is 0 Å². The zero-order valence-corrected chi connectivity index (χ0v) is 14.9. The van der Waals surface area contributed by atoms with Gasteiger partial charge in [-0.1, -0.05) is 0 Å². The largest absolute Gasteiger partial charge is 0.355 e. The number of fused-ring (bicyclic) bond motifs is 2. The van der Waals surface area contributed by atoms with Gasteiger partial charge in [0.2, 0.25) is 5.91 Å². The highest BCUT2D eigenvalue weighted by Crippen LogP contribution is 2.60. The summed E-state index contributed by atoms with van der Waals surface area (Å²) in [5.74, 6) is 3.75. The molecule has 1 amide bonds. The monoisotopic (exact) mass is 338 g/mol. The van der Waals surface area contributed by atoms with Gasteiger partial charge < -0.3 is 10.6 Å². The summed E-state index contributed by atoms with van der Waals surface area (Å²) >= 11 is 0. The molecule has 23 heavy (non-hydrogen) atoms. The van der Waals surface area contributed by atoms with Crippen molar-refractivity contribution in [1.82, 2.24) is 10.6 Å². The summed E-state index contributed by atoms with van der Waals surface area (Å²) in [5, 5.41) is 7.12. The van der Waals surface area contributed by atoms with Crippen LogP contribution in [-0.2, 0) is 4.79 Å². The van der Waals surface area contributed by atoms with Crippen molar-refractivity contribution in [3.63, 3.8) is 0 Å². The van der Waals surface area contributed by atoms with E-state index >= 15 is 0 Å². The van der Waals surface area contributed by atoms with E-state index in [0.717, 1.165) is 42.3 Å². The highest BCUT2D eigenvalue weighted by molar-refractivity contribution is 5.85. The Morgan fingerprint density at radius 2 is 1.43 bits per heavy atom. The van der Waals surface area contributed by atoms with E-state index in [0.29, 0.717) is 5.91 Å². The fourth-order valence-electron chi connectivity index (χ4n) is 7.16. The maximum atomic E-state index is 13.0. The molecule has 2 unspecified atom stereocenters. The quantitative estimate of drug-likeness (QED) is 0.829. The maximum Gasteiger partial charge on any atom is 0.226 e. The minimum Gasteiger partial charge on any atom is -0.355 e. The second-order valence-corrected chi connectivity index (χ2v) is 9.38. The Morgan fingerprint density at radius 1 is 0.913 bits per heavy atom. The molecule has 4 aliphatic carbocycles. The third-order valence-corrected chi connectivity index (χ3v) is 7.64. The van der Waals surface area contributed by atoms with Gasteiger partial charge in [-0.05, 0) is 87.9 Å². The molecular formula is C19H31ClN2O. The molecule has 6 fully saturated rings. The first-order chi connectivity index (χ1) is 10.7. The summed E-state index contributed by atoms with van der Waals surface area (Å²) in [4.78, 5) is 13.0. The van der Waals surface area contributed by atoms with Gasteiger partial charge in [0.1, 0.15) is 0 Å². The Morgan fingerprint density at radius 3 is 1.96 bits per heavy atom. The molecule has 0 radical (unpaired) electrons. The summed E-state index contributed by atoms with van der Waals surface area (Å²) in [7, 11) is 0. The normalized spacial score (nSPS) is 49.7. The first-order valence-electron chi connectivity index (χ1n) is 9.73. The van der Waals surface area contributed by atoms with Gasteiger partial charge in [0.15, 0.2) is 0 Å². The Balaban J connectivity index is 0.00000135. The molecule has 2 aliphatic heterocycles. The summed E-state index contributed by atoms with van der Waals surface area (Å²) < 4.78 is 0. The lowest BCUT2D eigenvalue weighted by atomic mass is 9.49. The van der Waals surface area contributed by atoms with Crippen LogP contribution in [0.1, 0.15) is 64.2 Å². The third kappa shape index (κ3) is 2.82. The number of piperidine rings is 1. The van der Waals surface area contributed by atoms with E-state index in [2.05, 4.69) is 10.6 Å². The van der Waals surface area contributed by atoms with Crippen LogP contribution in [0, 0.1) is 29.1 Å². The highest BCUT2D eigenvalue weighted by Gasteiger charge is 2.54. The summed E-state index contributed by atoms with van der Waals surface area (Å²) in [6.07, 6.45) is 13.1. The fourth-order valence-corrected chi connectivity index (χ4v) is 7.16. The van der Waals surface area contributed by atoms with Crippen LogP contribution in [-0.4, -0.2) is 24.5 Å². The van der Waals surface area contributed by atoms with Gasteiger partial charge in [-0.3, -0.25) is 4.79 Å². The van der Waals surface area contributed by atoms with Crippen molar-refractivity contribution in [3.05, 3.63) is 0 Å². The molecule has 6 rings (SSSR count). The van der Waals surface area contributed by atoms with Crippen molar-refractivity contribution in [2.24, 2.45) is 29.1 Å². The SMILES string of the molecule is Cl.O=C(NCC1CC2CCC(C1)N2)C12CC3CC(CC(C3)C1)C2. The zero-order valence-electron chi connectivity index (χ0n) is 14.1. The van der Waals surface area contributed by atoms with Crippen molar-refractivity contribution < 1.29 is 4.79 Å². The van der Waals surface area contributed by atoms with Crippen LogP contribution in [0.2, 0.25) is 0 Å². The van der Waals surface area contributed by atoms with Gasteiger partial charge in [0.05, 0.1) is 0 Å². The molecule has 2 N–H and O–H groups in total. The summed E-state index contributed by atoms with van der Waals surface area (Å²) in [6.45, 7) is 0.940. The molecule has 2 saturated heterocycles. The van der Waals surface area contributed by atoms with E-state index in [9.17, 15) is 4.79 Å². The Hall–Kier alpha value is -0.280. The number of halogens is 1. The van der Waals surface area contributed by atoms with Gasteiger partial charge in [-0.2, -0.15) is 0 Å². The van der Waals surface area contributed by atoms with Crippen LogP contribution in [0.5, 0.6) is 0 Å². The lowest BCUT2D eigenvalue weighted by molar-refractivity contribution is -0.146. The van der Waals surface area contributed by atoms with Crippen LogP contribution in [0.15, 0.2) is 0 Å². The maximum absolute atomic E-state index is 13.0. The minimum atomic E-state index is 0. The number of carbonyl (C=O) groups excluding carboxylic acids is 1. The predicted octanol–water partition coefficient (Wildman–Crippen LogP) is 3.27. The smallest absolute Gasteiger partial charge is 0.226 e. The Kier molecular flexibility index (Phi) is 4.16. The van der Waals surface area contributed by atoms with Crippen LogP contribution in [0.4, 0.5) is 0 Å². The van der Waals surface area contributed by atoms with Gasteiger partial charge in [-0.15, -0.1) is 12.4 Å². The van der Waals surface area contributed by atoms with Crippen molar-refractivity contribution in [3.8, 4) is 0 Å². The van der Waals surface area contributed by atoms with E-state index < -0.39 is 0 Å². The molecule has 0 aromatic rings. The molecule has 6 aliphatic rings.